The molecule has 1 saturated heterocycles. The maximum atomic E-state index is 15.3. The molecule has 0 unspecified atom stereocenters. The number of anilines is 1. The minimum Gasteiger partial charge on any atom is -0.363 e. The Bertz CT molecular complexity index is 1610. The Balaban J connectivity index is 1.35. The average molecular weight is 561 g/mol. The summed E-state index contributed by atoms with van der Waals surface area (Å²) >= 11 is 0. The summed E-state index contributed by atoms with van der Waals surface area (Å²) in [4.78, 5) is 35.1. The lowest BCUT2D eigenvalue weighted by Gasteiger charge is -2.39. The Kier molecular flexibility index (Phi) is 7.57. The maximum absolute atomic E-state index is 15.3. The summed E-state index contributed by atoms with van der Waals surface area (Å²) in [5, 5.41) is 18.0. The molecular formula is C29H33FN8O3. The van der Waals surface area contributed by atoms with Crippen molar-refractivity contribution in [1.29, 1.82) is 0 Å². The summed E-state index contributed by atoms with van der Waals surface area (Å²) in [6.07, 6.45) is 4.68. The lowest BCUT2D eigenvalue weighted by atomic mass is 9.96. The van der Waals surface area contributed by atoms with E-state index in [1.807, 2.05) is 27.7 Å². The van der Waals surface area contributed by atoms with Gasteiger partial charge < -0.3 is 20.1 Å². The summed E-state index contributed by atoms with van der Waals surface area (Å²) in [7, 11) is 0. The van der Waals surface area contributed by atoms with Crippen LogP contribution in [0.2, 0.25) is 0 Å². The molecule has 4 heterocycles. The molecule has 11 nitrogen and oxygen atoms in total. The minimum atomic E-state index is -0.553. The average Bonchev–Trinajstić information content (AvgIpc) is 3.61. The van der Waals surface area contributed by atoms with Gasteiger partial charge in [0, 0.05) is 42.3 Å². The monoisotopic (exact) mass is 560 g/mol. The molecule has 12 heteroatoms. The summed E-state index contributed by atoms with van der Waals surface area (Å²) in [5.41, 5.74) is 1.84. The molecule has 4 aromatic rings. The third kappa shape index (κ3) is 5.67. The summed E-state index contributed by atoms with van der Waals surface area (Å²) < 4.78 is 20.4. The van der Waals surface area contributed by atoms with E-state index in [9.17, 15) is 9.59 Å². The van der Waals surface area contributed by atoms with Crippen LogP contribution in [0.4, 0.5) is 10.2 Å². The van der Waals surface area contributed by atoms with Crippen LogP contribution in [0.5, 0.6) is 0 Å². The number of aromatic nitrogens is 5. The molecule has 1 aliphatic rings. The van der Waals surface area contributed by atoms with Gasteiger partial charge in [0.15, 0.2) is 11.5 Å². The van der Waals surface area contributed by atoms with Gasteiger partial charge in [0.1, 0.15) is 5.82 Å². The van der Waals surface area contributed by atoms with E-state index in [0.29, 0.717) is 35.0 Å². The molecular weight excluding hydrogens is 527 g/mol. The number of amides is 2. The van der Waals surface area contributed by atoms with Crippen molar-refractivity contribution in [3.8, 4) is 11.1 Å². The molecule has 0 bridgehead atoms. The molecule has 0 saturated carbocycles. The smallest absolute Gasteiger partial charge is 0.292 e. The van der Waals surface area contributed by atoms with Crippen molar-refractivity contribution in [3.63, 3.8) is 0 Å². The Morgan fingerprint density at radius 2 is 2.10 bits per heavy atom. The van der Waals surface area contributed by atoms with Gasteiger partial charge in [0.2, 0.25) is 11.8 Å². The fourth-order valence-corrected chi connectivity index (χ4v) is 4.97. The molecule has 5 rings (SSSR count). The molecule has 3 aromatic heterocycles. The SMILES string of the molecule is C=CC(=O)N1CCC[C@@H](Nc2n[nH]c3nccc(-c4ccc(CNC(=O)c5noc(C(C)(C)C)n5)c(F)c4)c23)[C@H]1C. The fourth-order valence-electron chi connectivity index (χ4n) is 4.97. The number of nitrogens with zero attached hydrogens (tertiary/aromatic N) is 5. The molecule has 0 radical (unpaired) electrons. The molecule has 0 spiro atoms. The van der Waals surface area contributed by atoms with E-state index in [1.54, 1.807) is 29.3 Å². The highest BCUT2D eigenvalue weighted by atomic mass is 19.1. The maximum Gasteiger partial charge on any atom is 0.292 e. The van der Waals surface area contributed by atoms with E-state index in [-0.39, 0.29) is 30.4 Å². The molecule has 41 heavy (non-hydrogen) atoms. The number of fused-ring (bicyclic) bond motifs is 1. The van der Waals surface area contributed by atoms with Crippen LogP contribution in [0.3, 0.4) is 0 Å². The summed E-state index contributed by atoms with van der Waals surface area (Å²) in [6, 6.07) is 6.54. The number of H-pyrrole nitrogens is 1. The van der Waals surface area contributed by atoms with E-state index in [4.69, 9.17) is 4.52 Å². The van der Waals surface area contributed by atoms with Gasteiger partial charge in [0.05, 0.1) is 5.39 Å². The predicted molar refractivity (Wildman–Crippen MR) is 151 cm³/mol. The number of pyridine rings is 1. The van der Waals surface area contributed by atoms with Crippen LogP contribution in [0.25, 0.3) is 22.2 Å². The number of nitrogens with one attached hydrogen (secondary N) is 3. The quantitative estimate of drug-likeness (QED) is 0.283. The molecule has 1 fully saturated rings. The van der Waals surface area contributed by atoms with E-state index in [0.717, 1.165) is 23.8 Å². The first kappa shape index (κ1) is 27.9. The highest BCUT2D eigenvalue weighted by Gasteiger charge is 2.31. The third-order valence-electron chi connectivity index (χ3n) is 7.30. The van der Waals surface area contributed by atoms with Crippen molar-refractivity contribution in [1.82, 2.24) is 35.5 Å². The van der Waals surface area contributed by atoms with Crippen molar-refractivity contribution in [2.45, 2.75) is 64.6 Å². The van der Waals surface area contributed by atoms with E-state index in [1.165, 1.54) is 12.1 Å². The van der Waals surface area contributed by atoms with Crippen LogP contribution in [0, 0.1) is 5.82 Å². The zero-order valence-corrected chi connectivity index (χ0v) is 23.5. The molecule has 214 valence electrons. The molecule has 2 atom stereocenters. The molecule has 1 aliphatic heterocycles. The number of piperidine rings is 1. The number of carbonyl (C=O) groups is 2. The largest absolute Gasteiger partial charge is 0.363 e. The number of rotatable bonds is 7. The first-order valence-corrected chi connectivity index (χ1v) is 13.5. The highest BCUT2D eigenvalue weighted by Crippen LogP contribution is 2.34. The molecule has 3 N–H and O–H groups in total. The van der Waals surface area contributed by atoms with Gasteiger partial charge >= 0.3 is 0 Å². The predicted octanol–water partition coefficient (Wildman–Crippen LogP) is 4.35. The number of likely N-dealkylation sites (tertiary alicyclic amines) is 1. The lowest BCUT2D eigenvalue weighted by Crippen LogP contribution is -2.51. The van der Waals surface area contributed by atoms with Crippen molar-refractivity contribution in [2.24, 2.45) is 0 Å². The number of aromatic amines is 1. The zero-order valence-electron chi connectivity index (χ0n) is 23.5. The minimum absolute atomic E-state index is 0.0337. The van der Waals surface area contributed by atoms with Crippen LogP contribution < -0.4 is 10.6 Å². The van der Waals surface area contributed by atoms with Crippen molar-refractivity contribution < 1.29 is 18.5 Å². The van der Waals surface area contributed by atoms with E-state index < -0.39 is 17.1 Å². The van der Waals surface area contributed by atoms with Crippen LogP contribution >= 0.6 is 0 Å². The Hall–Kier alpha value is -4.61. The van der Waals surface area contributed by atoms with Crippen molar-refractivity contribution in [2.75, 3.05) is 11.9 Å². The van der Waals surface area contributed by atoms with Crippen molar-refractivity contribution in [3.05, 3.63) is 66.2 Å². The lowest BCUT2D eigenvalue weighted by molar-refractivity contribution is -0.129. The van der Waals surface area contributed by atoms with Gasteiger partial charge in [-0.2, -0.15) is 10.1 Å². The standard InChI is InChI=1S/C29H33FN8O3/c1-6-22(39)38-13-7-8-21(16(38)2)33-25-23-19(11-12-31-24(23)35-36-25)17-9-10-18(20(30)14-17)15-32-27(40)26-34-28(41-37-26)29(3,4)5/h6,9-12,14,16,21H,1,7-8,13,15H2,2-5H3,(H,32,40)(H2,31,33,35,36)/t16-,21-/m1/s1. The second-order valence-corrected chi connectivity index (χ2v) is 11.2. The van der Waals surface area contributed by atoms with Crippen LogP contribution in [-0.2, 0) is 16.8 Å². The zero-order chi connectivity index (χ0) is 29.3. The van der Waals surface area contributed by atoms with Gasteiger partial charge in [-0.1, -0.05) is 44.6 Å². The fraction of sp³-hybridized carbons (Fsp3) is 0.379. The number of benzene rings is 1. The Morgan fingerprint density at radius 1 is 1.29 bits per heavy atom. The van der Waals surface area contributed by atoms with Crippen LogP contribution in [-0.4, -0.2) is 60.7 Å². The normalized spacial score (nSPS) is 17.4. The van der Waals surface area contributed by atoms with E-state index in [2.05, 4.69) is 42.5 Å². The number of halogens is 1. The van der Waals surface area contributed by atoms with Crippen LogP contribution in [0.15, 0.2) is 47.6 Å². The molecule has 0 aliphatic carbocycles. The first-order valence-electron chi connectivity index (χ1n) is 13.5. The summed E-state index contributed by atoms with van der Waals surface area (Å²) in [6.45, 7) is 11.9. The van der Waals surface area contributed by atoms with Gasteiger partial charge in [-0.3, -0.25) is 14.7 Å². The van der Waals surface area contributed by atoms with Crippen LogP contribution in [0.1, 0.15) is 62.6 Å². The van der Waals surface area contributed by atoms with Gasteiger partial charge in [-0.25, -0.2) is 9.37 Å². The number of hydrogen-bond donors (Lipinski definition) is 3. The van der Waals surface area contributed by atoms with E-state index >= 15 is 4.39 Å². The summed E-state index contributed by atoms with van der Waals surface area (Å²) in [5.74, 6) is -0.307. The highest BCUT2D eigenvalue weighted by molar-refractivity contribution is 6.00. The Morgan fingerprint density at radius 3 is 2.80 bits per heavy atom. The number of hydrogen-bond acceptors (Lipinski definition) is 8. The Labute approximate surface area is 236 Å². The van der Waals surface area contributed by atoms with Crippen molar-refractivity contribution >= 4 is 28.7 Å². The second kappa shape index (κ2) is 11.1. The molecule has 2 amide bonds. The second-order valence-electron chi connectivity index (χ2n) is 11.2. The number of carbonyl (C=O) groups excluding carboxylic acids is 2. The van der Waals surface area contributed by atoms with Gasteiger partial charge in [-0.05, 0) is 49.1 Å². The van der Waals surface area contributed by atoms with Gasteiger partial charge in [-0.15, -0.1) is 0 Å². The topological polar surface area (TPSA) is 142 Å². The molecule has 1 aromatic carbocycles. The van der Waals surface area contributed by atoms with Gasteiger partial charge in [0.25, 0.3) is 11.7 Å². The third-order valence-corrected chi connectivity index (χ3v) is 7.30. The first-order chi connectivity index (χ1) is 19.6.